The van der Waals surface area contributed by atoms with Crippen molar-refractivity contribution in [2.24, 2.45) is 0 Å². The molecule has 0 radical (unpaired) electrons. The van der Waals surface area contributed by atoms with Crippen LogP contribution in [-0.4, -0.2) is 29.4 Å². The van der Waals surface area contributed by atoms with Crippen LogP contribution in [-0.2, 0) is 0 Å². The lowest BCUT2D eigenvalue weighted by Gasteiger charge is -2.16. The molecule has 0 saturated heterocycles. The predicted octanol–water partition coefficient (Wildman–Crippen LogP) is 0.789. The van der Waals surface area contributed by atoms with Crippen LogP contribution < -0.4 is 5.73 Å². The highest BCUT2D eigenvalue weighted by Crippen LogP contribution is 2.12. The first-order valence-corrected chi connectivity index (χ1v) is 4.59. The highest BCUT2D eigenvalue weighted by Gasteiger charge is 2.16. The van der Waals surface area contributed by atoms with Crippen molar-refractivity contribution >= 4 is 11.7 Å². The average Bonchev–Trinajstić information content (AvgIpc) is 2.28. The summed E-state index contributed by atoms with van der Waals surface area (Å²) in [7, 11) is 1.52. The number of amides is 1. The van der Waals surface area contributed by atoms with Gasteiger partial charge >= 0.3 is 0 Å². The first kappa shape index (κ1) is 11.9. The van der Waals surface area contributed by atoms with Crippen molar-refractivity contribution in [2.45, 2.75) is 6.42 Å². The van der Waals surface area contributed by atoms with E-state index in [-0.39, 0.29) is 24.3 Å². The number of nitrogens with two attached hydrogens (primary N) is 1. The number of anilines is 1. The molecule has 1 aromatic heterocycles. The van der Waals surface area contributed by atoms with Crippen molar-refractivity contribution in [3.8, 4) is 6.07 Å². The second-order valence-electron chi connectivity index (χ2n) is 3.22. The quantitative estimate of drug-likeness (QED) is 0.819. The van der Waals surface area contributed by atoms with E-state index in [0.29, 0.717) is 0 Å². The van der Waals surface area contributed by atoms with Gasteiger partial charge in [-0.15, -0.1) is 0 Å². The Morgan fingerprint density at radius 1 is 1.75 bits per heavy atom. The Morgan fingerprint density at radius 3 is 3.06 bits per heavy atom. The number of rotatable bonds is 3. The van der Waals surface area contributed by atoms with Gasteiger partial charge in [-0.1, -0.05) is 0 Å². The maximum Gasteiger partial charge on any atom is 0.257 e. The molecule has 16 heavy (non-hydrogen) atoms. The van der Waals surface area contributed by atoms with Crippen LogP contribution in [0.15, 0.2) is 12.3 Å². The fraction of sp³-hybridized carbons (Fsp3) is 0.300. The van der Waals surface area contributed by atoms with Gasteiger partial charge < -0.3 is 10.6 Å². The summed E-state index contributed by atoms with van der Waals surface area (Å²) < 4.78 is 12.9. The van der Waals surface area contributed by atoms with Gasteiger partial charge in [0.05, 0.1) is 24.3 Å². The van der Waals surface area contributed by atoms with Crippen LogP contribution in [0, 0.1) is 17.1 Å². The minimum absolute atomic E-state index is 0.0143. The Labute approximate surface area is 92.3 Å². The Kier molecular flexibility index (Phi) is 3.78. The van der Waals surface area contributed by atoms with Crippen LogP contribution in [0.4, 0.5) is 10.2 Å². The molecule has 1 rings (SSSR count). The van der Waals surface area contributed by atoms with Crippen LogP contribution >= 0.6 is 0 Å². The average molecular weight is 222 g/mol. The number of nitrogens with zero attached hydrogens (tertiary/aromatic N) is 3. The lowest BCUT2D eigenvalue weighted by Crippen LogP contribution is -2.28. The summed E-state index contributed by atoms with van der Waals surface area (Å²) >= 11 is 0. The lowest BCUT2D eigenvalue weighted by atomic mass is 10.2. The van der Waals surface area contributed by atoms with E-state index in [1.807, 2.05) is 6.07 Å². The van der Waals surface area contributed by atoms with Crippen LogP contribution in [0.3, 0.4) is 0 Å². The van der Waals surface area contributed by atoms with Gasteiger partial charge in [-0.2, -0.15) is 5.26 Å². The van der Waals surface area contributed by atoms with Gasteiger partial charge in [0.15, 0.2) is 0 Å². The van der Waals surface area contributed by atoms with Crippen molar-refractivity contribution in [3.63, 3.8) is 0 Å². The molecule has 6 heteroatoms. The van der Waals surface area contributed by atoms with Crippen LogP contribution in [0.5, 0.6) is 0 Å². The van der Waals surface area contributed by atoms with Gasteiger partial charge in [0.25, 0.3) is 5.91 Å². The van der Waals surface area contributed by atoms with Crippen LogP contribution in [0.2, 0.25) is 0 Å². The molecule has 0 fully saturated rings. The number of hydrogen-bond donors (Lipinski definition) is 1. The molecule has 0 aliphatic rings. The first-order chi connectivity index (χ1) is 7.56. The molecule has 0 aliphatic heterocycles. The van der Waals surface area contributed by atoms with E-state index < -0.39 is 11.7 Å². The zero-order valence-corrected chi connectivity index (χ0v) is 8.77. The minimum atomic E-state index is -0.619. The molecule has 2 N–H and O–H groups in total. The zero-order valence-electron chi connectivity index (χ0n) is 8.77. The summed E-state index contributed by atoms with van der Waals surface area (Å²) in [6, 6.07) is 2.95. The zero-order chi connectivity index (χ0) is 12.1. The van der Waals surface area contributed by atoms with E-state index in [2.05, 4.69) is 4.98 Å². The molecule has 0 bridgehead atoms. The fourth-order valence-electron chi connectivity index (χ4n) is 1.15. The molecule has 1 aromatic rings. The molecule has 0 spiro atoms. The molecule has 0 atom stereocenters. The molecule has 0 unspecified atom stereocenters. The van der Waals surface area contributed by atoms with Gasteiger partial charge in [-0.3, -0.25) is 4.79 Å². The Hall–Kier alpha value is -2.16. The molecule has 84 valence electrons. The summed E-state index contributed by atoms with van der Waals surface area (Å²) in [4.78, 5) is 16.6. The van der Waals surface area contributed by atoms with E-state index in [1.54, 1.807) is 0 Å². The molecular formula is C10H11FN4O. The second-order valence-corrected chi connectivity index (χ2v) is 3.22. The van der Waals surface area contributed by atoms with Gasteiger partial charge in [0.1, 0.15) is 11.6 Å². The summed E-state index contributed by atoms with van der Waals surface area (Å²) in [6.07, 6.45) is 1.16. The van der Waals surface area contributed by atoms with Crippen LogP contribution in [0.25, 0.3) is 0 Å². The number of nitriles is 1. The lowest BCUT2D eigenvalue weighted by molar-refractivity contribution is 0.0798. The van der Waals surface area contributed by atoms with Gasteiger partial charge in [-0.25, -0.2) is 9.37 Å². The van der Waals surface area contributed by atoms with Crippen LogP contribution in [0.1, 0.15) is 16.8 Å². The fourth-order valence-corrected chi connectivity index (χ4v) is 1.15. The molecule has 0 aliphatic carbocycles. The van der Waals surface area contributed by atoms with Gasteiger partial charge in [-0.05, 0) is 6.07 Å². The number of nitrogen functional groups attached to an aromatic ring is 1. The van der Waals surface area contributed by atoms with Crippen molar-refractivity contribution < 1.29 is 9.18 Å². The molecule has 5 nitrogen and oxygen atoms in total. The number of halogens is 1. The maximum absolute atomic E-state index is 12.9. The normalized spacial score (nSPS) is 9.56. The SMILES string of the molecule is CN(CCC#N)C(=O)c1cc(F)cnc1N. The van der Waals surface area contributed by atoms with E-state index in [4.69, 9.17) is 11.0 Å². The standard InChI is InChI=1S/C10H11FN4O/c1-15(4-2-3-12)10(16)8-5-7(11)6-14-9(8)13/h5-6H,2,4H2,1H3,(H2,13,14). The van der Waals surface area contributed by atoms with E-state index >= 15 is 0 Å². The topological polar surface area (TPSA) is 83.0 Å². The smallest absolute Gasteiger partial charge is 0.257 e. The number of aromatic nitrogens is 1. The number of hydrogen-bond acceptors (Lipinski definition) is 4. The monoisotopic (exact) mass is 222 g/mol. The molecule has 0 aromatic carbocycles. The first-order valence-electron chi connectivity index (χ1n) is 4.59. The Morgan fingerprint density at radius 2 is 2.44 bits per heavy atom. The molecule has 0 saturated carbocycles. The third-order valence-electron chi connectivity index (χ3n) is 2.02. The summed E-state index contributed by atoms with van der Waals surface area (Å²) in [6.45, 7) is 0.269. The largest absolute Gasteiger partial charge is 0.383 e. The van der Waals surface area contributed by atoms with E-state index in [0.717, 1.165) is 12.3 Å². The van der Waals surface area contributed by atoms with Gasteiger partial charge in [0.2, 0.25) is 0 Å². The minimum Gasteiger partial charge on any atom is -0.383 e. The number of pyridine rings is 1. The molecule has 1 amide bonds. The highest BCUT2D eigenvalue weighted by atomic mass is 19.1. The predicted molar refractivity (Wildman–Crippen MR) is 55.8 cm³/mol. The van der Waals surface area contributed by atoms with Crippen molar-refractivity contribution in [2.75, 3.05) is 19.3 Å². The summed E-state index contributed by atoms with van der Waals surface area (Å²) in [5.74, 6) is -1.08. The number of carbonyl (C=O) groups is 1. The molecular weight excluding hydrogens is 211 g/mol. The Balaban J connectivity index is 2.88. The van der Waals surface area contributed by atoms with E-state index in [9.17, 15) is 9.18 Å². The molecule has 1 heterocycles. The maximum atomic E-state index is 12.9. The van der Waals surface area contributed by atoms with Gasteiger partial charge in [0, 0.05) is 13.6 Å². The second kappa shape index (κ2) is 5.07. The van der Waals surface area contributed by atoms with Crippen molar-refractivity contribution in [1.29, 1.82) is 5.26 Å². The summed E-state index contributed by atoms with van der Waals surface area (Å²) in [5, 5.41) is 8.38. The number of carbonyl (C=O) groups excluding carboxylic acids is 1. The summed E-state index contributed by atoms with van der Waals surface area (Å²) in [5.41, 5.74) is 5.48. The van der Waals surface area contributed by atoms with Crippen molar-refractivity contribution in [3.05, 3.63) is 23.6 Å². The van der Waals surface area contributed by atoms with E-state index in [1.165, 1.54) is 11.9 Å². The third kappa shape index (κ3) is 2.67. The van der Waals surface area contributed by atoms with Crippen molar-refractivity contribution in [1.82, 2.24) is 9.88 Å². The third-order valence-corrected chi connectivity index (χ3v) is 2.02. The Bertz CT molecular complexity index is 441. The highest BCUT2D eigenvalue weighted by molar-refractivity contribution is 5.98.